The van der Waals surface area contributed by atoms with Gasteiger partial charge in [-0.3, -0.25) is 9.78 Å². The third-order valence-corrected chi connectivity index (χ3v) is 2.83. The first-order valence-electron chi connectivity index (χ1n) is 5.88. The SMILES string of the molecule is Cc1ccc(Nc2cc(C(N)=O)ccc2N)c(C)n1. The summed E-state index contributed by atoms with van der Waals surface area (Å²) in [6.45, 7) is 3.84. The Bertz CT molecular complexity index is 637. The predicted octanol–water partition coefficient (Wildman–Crippen LogP) is 2.12. The monoisotopic (exact) mass is 256 g/mol. The Morgan fingerprint density at radius 3 is 2.53 bits per heavy atom. The van der Waals surface area contributed by atoms with Crippen LogP contribution in [0.1, 0.15) is 21.7 Å². The molecule has 1 aromatic carbocycles. The lowest BCUT2D eigenvalue weighted by Gasteiger charge is -2.12. The van der Waals surface area contributed by atoms with Crippen LogP contribution in [0.5, 0.6) is 0 Å². The molecule has 1 aromatic heterocycles. The molecule has 0 unspecified atom stereocenters. The maximum absolute atomic E-state index is 11.2. The Balaban J connectivity index is 2.37. The third kappa shape index (κ3) is 2.82. The zero-order valence-electron chi connectivity index (χ0n) is 10.9. The van der Waals surface area contributed by atoms with Gasteiger partial charge in [0.1, 0.15) is 0 Å². The first kappa shape index (κ1) is 12.9. The van der Waals surface area contributed by atoms with Gasteiger partial charge in [-0.05, 0) is 44.2 Å². The number of aromatic nitrogens is 1. The molecule has 0 radical (unpaired) electrons. The van der Waals surface area contributed by atoms with Crippen LogP contribution in [0.3, 0.4) is 0 Å². The van der Waals surface area contributed by atoms with Crippen LogP contribution in [0, 0.1) is 13.8 Å². The minimum Gasteiger partial charge on any atom is -0.397 e. The van der Waals surface area contributed by atoms with Crippen molar-refractivity contribution in [2.24, 2.45) is 5.73 Å². The fourth-order valence-corrected chi connectivity index (χ4v) is 1.78. The van der Waals surface area contributed by atoms with Crippen LogP contribution in [-0.4, -0.2) is 10.9 Å². The van der Waals surface area contributed by atoms with Gasteiger partial charge >= 0.3 is 0 Å². The van der Waals surface area contributed by atoms with Crippen LogP contribution in [-0.2, 0) is 0 Å². The molecule has 5 nitrogen and oxygen atoms in total. The molecule has 1 amide bonds. The summed E-state index contributed by atoms with van der Waals surface area (Å²) in [5.41, 5.74) is 15.4. The van der Waals surface area contributed by atoms with E-state index in [-0.39, 0.29) is 0 Å². The van der Waals surface area contributed by atoms with Crippen LogP contribution in [0.15, 0.2) is 30.3 Å². The molecule has 5 N–H and O–H groups in total. The molecular weight excluding hydrogens is 240 g/mol. The van der Waals surface area contributed by atoms with E-state index >= 15 is 0 Å². The second-order valence-corrected chi connectivity index (χ2v) is 4.38. The molecule has 0 aliphatic heterocycles. The summed E-state index contributed by atoms with van der Waals surface area (Å²) in [6, 6.07) is 8.72. The molecule has 0 bridgehead atoms. The van der Waals surface area contributed by atoms with Gasteiger partial charge in [-0.15, -0.1) is 0 Å². The van der Waals surface area contributed by atoms with Gasteiger partial charge in [-0.1, -0.05) is 0 Å². The Morgan fingerprint density at radius 2 is 1.89 bits per heavy atom. The van der Waals surface area contributed by atoms with E-state index in [0.717, 1.165) is 17.1 Å². The molecule has 2 aromatic rings. The van der Waals surface area contributed by atoms with Crippen molar-refractivity contribution in [1.82, 2.24) is 4.98 Å². The molecule has 0 fully saturated rings. The lowest BCUT2D eigenvalue weighted by Crippen LogP contribution is -2.11. The van der Waals surface area contributed by atoms with E-state index in [2.05, 4.69) is 10.3 Å². The number of benzene rings is 1. The average Bonchev–Trinajstić information content (AvgIpc) is 2.34. The standard InChI is InChI=1S/C14H16N4O/c1-8-3-6-12(9(2)17-8)18-13-7-10(14(16)19)4-5-11(13)15/h3-7,18H,15H2,1-2H3,(H2,16,19). The number of nitrogens with zero attached hydrogens (tertiary/aromatic N) is 1. The number of hydrogen-bond donors (Lipinski definition) is 3. The highest BCUT2D eigenvalue weighted by Crippen LogP contribution is 2.25. The quantitative estimate of drug-likeness (QED) is 0.733. The van der Waals surface area contributed by atoms with E-state index < -0.39 is 5.91 Å². The van der Waals surface area contributed by atoms with Crippen molar-refractivity contribution in [2.45, 2.75) is 13.8 Å². The number of primary amides is 1. The Morgan fingerprint density at radius 1 is 1.16 bits per heavy atom. The van der Waals surface area contributed by atoms with Gasteiger partial charge in [0, 0.05) is 11.3 Å². The number of pyridine rings is 1. The minimum absolute atomic E-state index is 0.412. The topological polar surface area (TPSA) is 94.0 Å². The molecule has 5 heteroatoms. The summed E-state index contributed by atoms with van der Waals surface area (Å²) < 4.78 is 0. The van der Waals surface area contributed by atoms with E-state index in [9.17, 15) is 4.79 Å². The molecule has 0 spiro atoms. The Kier molecular flexibility index (Phi) is 3.37. The van der Waals surface area contributed by atoms with E-state index in [1.54, 1.807) is 18.2 Å². The summed E-state index contributed by atoms with van der Waals surface area (Å²) in [5, 5.41) is 3.17. The number of carbonyl (C=O) groups excluding carboxylic acids is 1. The maximum atomic E-state index is 11.2. The van der Waals surface area contributed by atoms with Gasteiger partial charge < -0.3 is 16.8 Å². The lowest BCUT2D eigenvalue weighted by molar-refractivity contribution is 0.100. The van der Waals surface area contributed by atoms with Crippen LogP contribution in [0.25, 0.3) is 0 Å². The molecule has 19 heavy (non-hydrogen) atoms. The molecular formula is C14H16N4O. The van der Waals surface area contributed by atoms with Crippen LogP contribution < -0.4 is 16.8 Å². The van der Waals surface area contributed by atoms with Crippen molar-refractivity contribution < 1.29 is 4.79 Å². The largest absolute Gasteiger partial charge is 0.397 e. The number of hydrogen-bond acceptors (Lipinski definition) is 4. The summed E-state index contributed by atoms with van der Waals surface area (Å²) in [7, 11) is 0. The van der Waals surface area contributed by atoms with Crippen molar-refractivity contribution in [1.29, 1.82) is 0 Å². The van der Waals surface area contributed by atoms with Crippen LogP contribution in [0.2, 0.25) is 0 Å². The van der Waals surface area contributed by atoms with Crippen LogP contribution >= 0.6 is 0 Å². The fourth-order valence-electron chi connectivity index (χ4n) is 1.78. The molecule has 0 saturated heterocycles. The zero-order valence-corrected chi connectivity index (χ0v) is 10.9. The normalized spacial score (nSPS) is 10.2. The highest BCUT2D eigenvalue weighted by molar-refractivity contribution is 5.95. The van der Waals surface area contributed by atoms with Crippen molar-refractivity contribution in [3.05, 3.63) is 47.3 Å². The van der Waals surface area contributed by atoms with Crippen molar-refractivity contribution in [3.63, 3.8) is 0 Å². The number of rotatable bonds is 3. The number of nitrogens with two attached hydrogens (primary N) is 2. The predicted molar refractivity (Wildman–Crippen MR) is 76.4 cm³/mol. The number of anilines is 3. The van der Waals surface area contributed by atoms with E-state index in [0.29, 0.717) is 16.9 Å². The second kappa shape index (κ2) is 4.97. The molecule has 0 aliphatic carbocycles. The van der Waals surface area contributed by atoms with Gasteiger partial charge in [0.15, 0.2) is 0 Å². The van der Waals surface area contributed by atoms with Gasteiger partial charge in [0.05, 0.1) is 22.8 Å². The number of nitrogens with one attached hydrogen (secondary N) is 1. The summed E-state index contributed by atoms with van der Waals surface area (Å²) >= 11 is 0. The second-order valence-electron chi connectivity index (χ2n) is 4.38. The van der Waals surface area contributed by atoms with Crippen LogP contribution in [0.4, 0.5) is 17.1 Å². The molecule has 0 aliphatic rings. The van der Waals surface area contributed by atoms with E-state index in [4.69, 9.17) is 11.5 Å². The highest BCUT2D eigenvalue weighted by Gasteiger charge is 2.07. The molecule has 0 atom stereocenters. The van der Waals surface area contributed by atoms with E-state index in [1.165, 1.54) is 0 Å². The van der Waals surface area contributed by atoms with Gasteiger partial charge in [0.2, 0.25) is 5.91 Å². The first-order chi connectivity index (χ1) is 8.97. The average molecular weight is 256 g/mol. The van der Waals surface area contributed by atoms with Crippen molar-refractivity contribution in [3.8, 4) is 0 Å². The van der Waals surface area contributed by atoms with Gasteiger partial charge in [0.25, 0.3) is 0 Å². The molecule has 98 valence electrons. The summed E-state index contributed by atoms with van der Waals surface area (Å²) in [4.78, 5) is 15.5. The lowest BCUT2D eigenvalue weighted by atomic mass is 10.1. The minimum atomic E-state index is -0.484. The van der Waals surface area contributed by atoms with Gasteiger partial charge in [-0.2, -0.15) is 0 Å². The number of aryl methyl sites for hydroxylation is 2. The number of carbonyl (C=O) groups is 1. The smallest absolute Gasteiger partial charge is 0.248 e. The third-order valence-electron chi connectivity index (χ3n) is 2.83. The fraction of sp³-hybridized carbons (Fsp3) is 0.143. The van der Waals surface area contributed by atoms with E-state index in [1.807, 2.05) is 26.0 Å². The maximum Gasteiger partial charge on any atom is 0.248 e. The summed E-state index contributed by atoms with van der Waals surface area (Å²) in [5.74, 6) is -0.484. The number of nitrogen functional groups attached to an aromatic ring is 1. The Labute approximate surface area is 111 Å². The van der Waals surface area contributed by atoms with Gasteiger partial charge in [-0.25, -0.2) is 0 Å². The Hall–Kier alpha value is -2.56. The van der Waals surface area contributed by atoms with Crippen molar-refractivity contribution >= 4 is 23.0 Å². The molecule has 2 rings (SSSR count). The first-order valence-corrected chi connectivity index (χ1v) is 5.88. The molecule has 0 saturated carbocycles. The van der Waals surface area contributed by atoms with Crippen molar-refractivity contribution in [2.75, 3.05) is 11.1 Å². The number of amides is 1. The zero-order chi connectivity index (χ0) is 14.0. The molecule has 1 heterocycles. The highest BCUT2D eigenvalue weighted by atomic mass is 16.1. The summed E-state index contributed by atoms with van der Waals surface area (Å²) in [6.07, 6.45) is 0.